The number of fused-ring (bicyclic) bond motifs is 4. The maximum Gasteiger partial charge on any atom is 0.152 e. The Hall–Kier alpha value is -4.50. The van der Waals surface area contributed by atoms with Crippen molar-refractivity contribution in [1.29, 1.82) is 0 Å². The van der Waals surface area contributed by atoms with E-state index in [1.165, 1.54) is 66.5 Å². The zero-order chi connectivity index (χ0) is 32.9. The molecule has 7 rings (SSSR count). The Morgan fingerprint density at radius 1 is 1.13 bits per heavy atom. The summed E-state index contributed by atoms with van der Waals surface area (Å²) >= 11 is 0. The quantitative estimate of drug-likeness (QED) is 0.165. The average molecular weight is 615 g/mol. The van der Waals surface area contributed by atoms with Crippen LogP contribution in [0.2, 0.25) is 0 Å². The van der Waals surface area contributed by atoms with E-state index in [4.69, 9.17) is 4.99 Å². The lowest BCUT2D eigenvalue weighted by Gasteiger charge is -2.55. The number of rotatable bonds is 12. The standard InChI is InChI=1S/C38H48N6.C2H2/c1-7-37-16-19-38(20-17-37,21-18-37)30(6)42-29(5)35-14-13-33(43-36-15-22-41-44(35)36)28(4)39-24-31-9-8-10-32(12-11-31)25-40-34-23-26(2)27(34)3;1-2/h7-11,13-15,22,30,35,39-40,42H,1-2,4-5,12,16-21,23-25H2,3,6H3;1-2H. The molecule has 1 aromatic heterocycles. The Balaban J connectivity index is 0.00000204. The zero-order valence-electron chi connectivity index (χ0n) is 27.7. The highest BCUT2D eigenvalue weighted by Crippen LogP contribution is 2.58. The first-order valence-corrected chi connectivity index (χ1v) is 16.5. The first-order valence-electron chi connectivity index (χ1n) is 16.5. The number of nitrogens with zero attached hydrogens (tertiary/aromatic N) is 3. The molecule has 6 nitrogen and oxygen atoms in total. The summed E-state index contributed by atoms with van der Waals surface area (Å²) in [5.41, 5.74) is 9.71. The monoisotopic (exact) mass is 614 g/mol. The molecule has 6 heteroatoms. The Morgan fingerprint density at radius 3 is 2.54 bits per heavy atom. The lowest BCUT2D eigenvalue weighted by atomic mass is 9.52. The minimum atomic E-state index is -0.129. The number of hydrogen-bond acceptors (Lipinski definition) is 5. The summed E-state index contributed by atoms with van der Waals surface area (Å²) in [6.45, 7) is 23.1. The molecule has 240 valence electrons. The normalized spacial score (nSPS) is 26.8. The van der Waals surface area contributed by atoms with Gasteiger partial charge < -0.3 is 16.0 Å². The van der Waals surface area contributed by atoms with Gasteiger partial charge in [0.1, 0.15) is 6.04 Å². The van der Waals surface area contributed by atoms with E-state index in [1.807, 2.05) is 16.9 Å². The molecule has 46 heavy (non-hydrogen) atoms. The molecule has 6 aliphatic rings. The van der Waals surface area contributed by atoms with E-state index < -0.39 is 0 Å². The van der Waals surface area contributed by atoms with Gasteiger partial charge in [0.15, 0.2) is 5.82 Å². The highest BCUT2D eigenvalue weighted by Gasteiger charge is 2.49. The predicted molar refractivity (Wildman–Crippen MR) is 193 cm³/mol. The van der Waals surface area contributed by atoms with Crippen LogP contribution in [-0.4, -0.2) is 34.6 Å². The molecule has 0 radical (unpaired) electrons. The van der Waals surface area contributed by atoms with Crippen LogP contribution in [0.5, 0.6) is 0 Å². The van der Waals surface area contributed by atoms with Crippen LogP contribution in [0.1, 0.15) is 71.3 Å². The molecule has 3 N–H and O–H groups in total. The van der Waals surface area contributed by atoms with Gasteiger partial charge in [-0.1, -0.05) is 56.2 Å². The third-order valence-corrected chi connectivity index (χ3v) is 11.0. The van der Waals surface area contributed by atoms with Crippen molar-refractivity contribution in [2.45, 2.75) is 77.3 Å². The molecule has 3 saturated carbocycles. The third kappa shape index (κ3) is 6.70. The Morgan fingerprint density at radius 2 is 1.87 bits per heavy atom. The topological polar surface area (TPSA) is 66.3 Å². The molecule has 2 atom stereocenters. The summed E-state index contributed by atoms with van der Waals surface area (Å²) in [6.07, 6.45) is 34.5. The molecule has 1 aliphatic heterocycles. The van der Waals surface area contributed by atoms with Crippen LogP contribution >= 0.6 is 0 Å². The molecule has 1 aromatic rings. The Bertz CT molecular complexity index is 1570. The van der Waals surface area contributed by atoms with Gasteiger partial charge in [0.2, 0.25) is 0 Å². The average Bonchev–Trinajstić information content (AvgIpc) is 3.31. The maximum atomic E-state index is 4.94. The van der Waals surface area contributed by atoms with Crippen molar-refractivity contribution >= 4 is 11.5 Å². The van der Waals surface area contributed by atoms with Gasteiger partial charge in [-0.15, -0.1) is 19.4 Å². The van der Waals surface area contributed by atoms with Crippen molar-refractivity contribution < 1.29 is 0 Å². The van der Waals surface area contributed by atoms with Crippen LogP contribution < -0.4 is 16.0 Å². The highest BCUT2D eigenvalue weighted by molar-refractivity contribution is 6.09. The minimum Gasteiger partial charge on any atom is -0.384 e. The van der Waals surface area contributed by atoms with Crippen LogP contribution in [0.4, 0.5) is 5.82 Å². The second-order valence-electron chi connectivity index (χ2n) is 13.5. The minimum absolute atomic E-state index is 0.129. The zero-order valence-corrected chi connectivity index (χ0v) is 27.7. The van der Waals surface area contributed by atoms with Crippen LogP contribution in [0.3, 0.4) is 0 Å². The molecular formula is C40H50N6. The molecule has 0 spiro atoms. The summed E-state index contributed by atoms with van der Waals surface area (Å²) in [7, 11) is 0. The van der Waals surface area contributed by atoms with Crippen molar-refractivity contribution in [3.63, 3.8) is 0 Å². The maximum absolute atomic E-state index is 4.94. The molecule has 0 saturated heterocycles. The molecular weight excluding hydrogens is 564 g/mol. The molecule has 2 unspecified atom stereocenters. The van der Waals surface area contributed by atoms with Gasteiger partial charge in [-0.3, -0.25) is 0 Å². The fourth-order valence-electron chi connectivity index (χ4n) is 7.45. The van der Waals surface area contributed by atoms with E-state index in [-0.39, 0.29) is 6.04 Å². The number of nitrogens with one attached hydrogen (secondary N) is 3. The van der Waals surface area contributed by atoms with Crippen molar-refractivity contribution in [2.24, 2.45) is 15.8 Å². The van der Waals surface area contributed by atoms with E-state index in [0.29, 0.717) is 23.4 Å². The smallest absolute Gasteiger partial charge is 0.152 e. The van der Waals surface area contributed by atoms with Crippen LogP contribution in [-0.2, 0) is 0 Å². The lowest BCUT2D eigenvalue weighted by molar-refractivity contribution is -0.00132. The van der Waals surface area contributed by atoms with Gasteiger partial charge in [0, 0.05) is 43.0 Å². The Labute approximate surface area is 276 Å². The van der Waals surface area contributed by atoms with Gasteiger partial charge in [0.25, 0.3) is 0 Å². The van der Waals surface area contributed by atoms with E-state index in [2.05, 4.69) is 117 Å². The van der Waals surface area contributed by atoms with Crippen molar-refractivity contribution in [3.05, 3.63) is 120 Å². The summed E-state index contributed by atoms with van der Waals surface area (Å²) < 4.78 is 1.95. The van der Waals surface area contributed by atoms with Gasteiger partial charge in [-0.25, -0.2) is 9.67 Å². The van der Waals surface area contributed by atoms with E-state index in [9.17, 15) is 0 Å². The van der Waals surface area contributed by atoms with Crippen LogP contribution in [0.25, 0.3) is 0 Å². The number of terminal acetylenes is 1. The highest BCUT2D eigenvalue weighted by atomic mass is 15.3. The SMILES string of the molecule is C#C.C=CC12CCC(C(C)NC(=C)C3C=CC(C(=C)NCC4=CCC(CNC5=C(C)C(=C)C5)=CC=C4)=Nc4ccnn43)(CC1)CC2. The van der Waals surface area contributed by atoms with E-state index >= 15 is 0 Å². The van der Waals surface area contributed by atoms with Crippen LogP contribution in [0, 0.1) is 23.7 Å². The fraction of sp³-hybridized carbons (Fsp3) is 0.400. The number of aliphatic imine (C=N–C) groups is 1. The second-order valence-corrected chi connectivity index (χ2v) is 13.5. The summed E-state index contributed by atoms with van der Waals surface area (Å²) in [4.78, 5) is 4.94. The third-order valence-electron chi connectivity index (χ3n) is 11.0. The number of hydrogen-bond donors (Lipinski definition) is 3. The first-order chi connectivity index (χ1) is 22.2. The van der Waals surface area contributed by atoms with E-state index in [1.54, 1.807) is 0 Å². The van der Waals surface area contributed by atoms with Gasteiger partial charge in [-0.05, 0) is 98.0 Å². The lowest BCUT2D eigenvalue weighted by Crippen LogP contribution is -2.51. The van der Waals surface area contributed by atoms with Crippen molar-refractivity contribution in [3.8, 4) is 12.8 Å². The second kappa shape index (κ2) is 13.9. The summed E-state index contributed by atoms with van der Waals surface area (Å²) in [5, 5.41) is 15.5. The largest absolute Gasteiger partial charge is 0.384 e. The Kier molecular flexibility index (Phi) is 9.91. The predicted octanol–water partition coefficient (Wildman–Crippen LogP) is 8.07. The van der Waals surface area contributed by atoms with E-state index in [0.717, 1.165) is 42.3 Å². The molecule has 3 fully saturated rings. The summed E-state index contributed by atoms with van der Waals surface area (Å²) in [5.74, 6) is 0.799. The molecule has 2 heterocycles. The van der Waals surface area contributed by atoms with Crippen LogP contribution in [0.15, 0.2) is 125 Å². The van der Waals surface area contributed by atoms with Crippen molar-refractivity contribution in [2.75, 3.05) is 13.1 Å². The van der Waals surface area contributed by atoms with Gasteiger partial charge >= 0.3 is 0 Å². The first kappa shape index (κ1) is 32.9. The molecule has 5 aliphatic carbocycles. The van der Waals surface area contributed by atoms with Crippen molar-refractivity contribution in [1.82, 2.24) is 25.7 Å². The fourth-order valence-corrected chi connectivity index (χ4v) is 7.45. The van der Waals surface area contributed by atoms with Gasteiger partial charge in [0.05, 0.1) is 17.6 Å². The number of aromatic nitrogens is 2. The number of allylic oxidation sites excluding steroid dienone is 8. The van der Waals surface area contributed by atoms with Gasteiger partial charge in [-0.2, -0.15) is 5.10 Å². The summed E-state index contributed by atoms with van der Waals surface area (Å²) in [6, 6.07) is 2.17. The molecule has 2 bridgehead atoms. The molecule has 0 aromatic carbocycles. The molecule has 0 amide bonds.